The van der Waals surface area contributed by atoms with Crippen molar-refractivity contribution >= 4 is 0 Å². The van der Waals surface area contributed by atoms with Crippen molar-refractivity contribution < 1.29 is 0 Å². The van der Waals surface area contributed by atoms with E-state index in [2.05, 4.69) is 27.7 Å². The van der Waals surface area contributed by atoms with E-state index in [0.29, 0.717) is 16.2 Å². The number of rotatable bonds is 1. The van der Waals surface area contributed by atoms with Crippen LogP contribution >= 0.6 is 0 Å². The molecule has 0 amide bonds. The highest BCUT2D eigenvalue weighted by molar-refractivity contribution is 5.23. The van der Waals surface area contributed by atoms with Crippen LogP contribution in [0.1, 0.15) is 53.4 Å². The van der Waals surface area contributed by atoms with Crippen molar-refractivity contribution in [3.05, 3.63) is 0 Å². The van der Waals surface area contributed by atoms with Crippen LogP contribution in [0, 0.1) is 22.2 Å². The molecule has 0 bridgehead atoms. The van der Waals surface area contributed by atoms with Crippen molar-refractivity contribution in [2.24, 2.45) is 27.9 Å². The van der Waals surface area contributed by atoms with Crippen LogP contribution in [0.25, 0.3) is 0 Å². The summed E-state index contributed by atoms with van der Waals surface area (Å²) >= 11 is 0. The molecule has 0 aromatic carbocycles. The Bertz CT molecular complexity index is 242. The van der Waals surface area contributed by atoms with Crippen molar-refractivity contribution in [2.75, 3.05) is 6.54 Å². The maximum Gasteiger partial charge on any atom is -0.00378 e. The zero-order chi connectivity index (χ0) is 10.6. The predicted octanol–water partition coefficient (Wildman–Crippen LogP) is 3.19. The lowest BCUT2D eigenvalue weighted by Crippen LogP contribution is -2.34. The van der Waals surface area contributed by atoms with Crippen LogP contribution in [0.5, 0.6) is 0 Å². The minimum absolute atomic E-state index is 0.492. The van der Waals surface area contributed by atoms with Crippen LogP contribution in [0.4, 0.5) is 0 Å². The Morgan fingerprint density at radius 2 is 1.64 bits per heavy atom. The van der Waals surface area contributed by atoms with Gasteiger partial charge in [-0.3, -0.25) is 0 Å². The predicted molar refractivity (Wildman–Crippen MR) is 61.0 cm³/mol. The van der Waals surface area contributed by atoms with Gasteiger partial charge in [0.25, 0.3) is 0 Å². The first-order valence-corrected chi connectivity index (χ1v) is 6.10. The maximum absolute atomic E-state index is 5.94. The summed E-state index contributed by atoms with van der Waals surface area (Å²) in [4.78, 5) is 0. The van der Waals surface area contributed by atoms with Gasteiger partial charge in [-0.15, -0.1) is 0 Å². The molecule has 0 radical (unpaired) electrons. The summed E-state index contributed by atoms with van der Waals surface area (Å²) < 4.78 is 0. The summed E-state index contributed by atoms with van der Waals surface area (Å²) in [5.41, 5.74) is 7.50. The van der Waals surface area contributed by atoms with E-state index >= 15 is 0 Å². The van der Waals surface area contributed by atoms with Crippen LogP contribution in [-0.2, 0) is 0 Å². The molecule has 0 aromatic rings. The molecule has 2 aliphatic rings. The van der Waals surface area contributed by atoms with Gasteiger partial charge in [-0.1, -0.05) is 40.5 Å². The van der Waals surface area contributed by atoms with Crippen molar-refractivity contribution in [2.45, 2.75) is 53.4 Å². The minimum Gasteiger partial charge on any atom is -0.330 e. The second kappa shape index (κ2) is 2.75. The van der Waals surface area contributed by atoms with Crippen LogP contribution in [0.2, 0.25) is 0 Å². The molecule has 0 aromatic heterocycles. The molecule has 2 atom stereocenters. The first-order chi connectivity index (χ1) is 6.40. The highest BCUT2D eigenvalue weighted by atomic mass is 14.8. The molecule has 0 saturated heterocycles. The van der Waals surface area contributed by atoms with Gasteiger partial charge < -0.3 is 5.73 Å². The zero-order valence-corrected chi connectivity index (χ0v) is 10.2. The summed E-state index contributed by atoms with van der Waals surface area (Å²) in [5.74, 6) is 0.769. The fourth-order valence-electron chi connectivity index (χ4n) is 4.83. The van der Waals surface area contributed by atoms with Gasteiger partial charge in [0.15, 0.2) is 0 Å². The van der Waals surface area contributed by atoms with Gasteiger partial charge in [-0.25, -0.2) is 0 Å². The summed E-state index contributed by atoms with van der Waals surface area (Å²) in [6, 6.07) is 0. The lowest BCUT2D eigenvalue weighted by molar-refractivity contribution is 0.0724. The summed E-state index contributed by atoms with van der Waals surface area (Å²) in [6.07, 6.45) is 5.65. The molecule has 0 heterocycles. The van der Waals surface area contributed by atoms with E-state index in [-0.39, 0.29) is 0 Å². The van der Waals surface area contributed by atoms with Crippen LogP contribution in [0.15, 0.2) is 0 Å². The smallest absolute Gasteiger partial charge is 0.00378 e. The molecule has 0 aliphatic heterocycles. The number of nitrogens with two attached hydrogens (primary N) is 1. The monoisotopic (exact) mass is 195 g/mol. The van der Waals surface area contributed by atoms with Crippen LogP contribution in [0.3, 0.4) is 0 Å². The van der Waals surface area contributed by atoms with Crippen molar-refractivity contribution in [3.8, 4) is 0 Å². The normalized spacial score (nSPS) is 43.9. The van der Waals surface area contributed by atoms with Gasteiger partial charge in [0.2, 0.25) is 0 Å². The lowest BCUT2D eigenvalue weighted by atomic mass is 9.62. The topological polar surface area (TPSA) is 26.0 Å². The van der Waals surface area contributed by atoms with E-state index in [4.69, 9.17) is 5.73 Å². The average molecular weight is 195 g/mol. The van der Waals surface area contributed by atoms with Gasteiger partial charge in [0, 0.05) is 0 Å². The second-order valence-electron chi connectivity index (χ2n) is 6.57. The molecule has 2 N–H and O–H groups in total. The zero-order valence-electron chi connectivity index (χ0n) is 10.2. The molecular formula is C13H25N. The average Bonchev–Trinajstić information content (AvgIpc) is 2.55. The Morgan fingerprint density at radius 1 is 1.07 bits per heavy atom. The lowest BCUT2D eigenvalue weighted by Gasteiger charge is -2.42. The third kappa shape index (κ3) is 0.946. The summed E-state index contributed by atoms with van der Waals surface area (Å²) in [5, 5.41) is 0. The first-order valence-electron chi connectivity index (χ1n) is 6.10. The summed E-state index contributed by atoms with van der Waals surface area (Å²) in [6.45, 7) is 10.7. The van der Waals surface area contributed by atoms with E-state index in [9.17, 15) is 0 Å². The van der Waals surface area contributed by atoms with Crippen molar-refractivity contribution in [1.29, 1.82) is 0 Å². The Morgan fingerprint density at radius 3 is 2.07 bits per heavy atom. The highest BCUT2D eigenvalue weighted by Crippen LogP contribution is 2.79. The maximum atomic E-state index is 5.94. The molecule has 2 rings (SSSR count). The fourth-order valence-corrected chi connectivity index (χ4v) is 4.83. The summed E-state index contributed by atoms with van der Waals surface area (Å²) in [7, 11) is 0. The van der Waals surface area contributed by atoms with Gasteiger partial charge >= 0.3 is 0 Å². The Labute approximate surface area is 88.4 Å². The van der Waals surface area contributed by atoms with Gasteiger partial charge in [0.1, 0.15) is 0 Å². The molecule has 2 unspecified atom stereocenters. The van der Waals surface area contributed by atoms with E-state index in [1.807, 2.05) is 0 Å². The SMILES string of the molecule is CC1(C)CCCCC12C(CN)C2(C)C. The number of hydrogen-bond acceptors (Lipinski definition) is 1. The third-order valence-electron chi connectivity index (χ3n) is 5.60. The molecule has 82 valence electrons. The van der Waals surface area contributed by atoms with E-state index < -0.39 is 0 Å². The van der Waals surface area contributed by atoms with E-state index in [1.165, 1.54) is 25.7 Å². The third-order valence-corrected chi connectivity index (χ3v) is 5.60. The van der Waals surface area contributed by atoms with Gasteiger partial charge in [-0.2, -0.15) is 0 Å². The molecular weight excluding hydrogens is 170 g/mol. The van der Waals surface area contributed by atoms with E-state index in [0.717, 1.165) is 12.5 Å². The molecule has 2 fully saturated rings. The quantitative estimate of drug-likeness (QED) is 0.683. The minimum atomic E-state index is 0.492. The number of hydrogen-bond donors (Lipinski definition) is 1. The van der Waals surface area contributed by atoms with Crippen LogP contribution < -0.4 is 5.73 Å². The Kier molecular flexibility index (Phi) is 2.06. The first kappa shape index (κ1) is 10.5. The molecule has 2 saturated carbocycles. The molecule has 1 heteroatoms. The largest absolute Gasteiger partial charge is 0.330 e. The molecule has 14 heavy (non-hydrogen) atoms. The second-order valence-corrected chi connectivity index (χ2v) is 6.57. The highest BCUT2D eigenvalue weighted by Gasteiger charge is 2.74. The van der Waals surface area contributed by atoms with Crippen molar-refractivity contribution in [3.63, 3.8) is 0 Å². The van der Waals surface area contributed by atoms with Gasteiger partial charge in [-0.05, 0) is 41.5 Å². The molecule has 2 aliphatic carbocycles. The molecule has 1 spiro atoms. The Balaban J connectivity index is 2.32. The Hall–Kier alpha value is -0.0400. The van der Waals surface area contributed by atoms with Crippen LogP contribution in [-0.4, -0.2) is 6.54 Å². The molecule has 1 nitrogen and oxygen atoms in total. The van der Waals surface area contributed by atoms with Gasteiger partial charge in [0.05, 0.1) is 0 Å². The standard InChI is InChI=1S/C13H25N/c1-11(2)7-5-6-8-13(11)10(9-14)12(13,3)4/h10H,5-9,14H2,1-4H3. The van der Waals surface area contributed by atoms with Crippen molar-refractivity contribution in [1.82, 2.24) is 0 Å². The fraction of sp³-hybridized carbons (Fsp3) is 1.00. The van der Waals surface area contributed by atoms with E-state index in [1.54, 1.807) is 0 Å².